The largest absolute Gasteiger partial charge is 0.396 e. The molecule has 120 valence electrons. The first-order valence-electron chi connectivity index (χ1n) is 7.95. The highest BCUT2D eigenvalue weighted by Crippen LogP contribution is 2.19. The molecule has 1 heterocycles. The molecule has 1 aliphatic rings. The topological polar surface area (TPSA) is 52.6 Å². The maximum atomic E-state index is 12.1. The lowest BCUT2D eigenvalue weighted by Crippen LogP contribution is -2.53. The molecule has 1 aliphatic heterocycles. The second-order valence-corrected chi connectivity index (χ2v) is 6.00. The van der Waals surface area contributed by atoms with Crippen LogP contribution in [0.3, 0.4) is 0 Å². The number of rotatable bonds is 5. The van der Waals surface area contributed by atoms with Gasteiger partial charge in [0.05, 0.1) is 0 Å². The van der Waals surface area contributed by atoms with Crippen LogP contribution < -0.4 is 5.32 Å². The minimum absolute atomic E-state index is 0.00450. The molecule has 1 aromatic carbocycles. The number of piperidine rings is 1. The molecule has 1 amide bonds. The Balaban J connectivity index is 1.98. The lowest BCUT2D eigenvalue weighted by molar-refractivity contribution is -0.119. The molecular weight excluding hydrogens is 276 g/mol. The third kappa shape index (κ3) is 4.42. The highest BCUT2D eigenvalue weighted by molar-refractivity contribution is 5.92. The van der Waals surface area contributed by atoms with Crippen LogP contribution in [0.4, 0.5) is 0 Å². The summed E-state index contributed by atoms with van der Waals surface area (Å²) < 4.78 is 0. The Morgan fingerprint density at radius 1 is 1.41 bits per heavy atom. The van der Waals surface area contributed by atoms with Crippen molar-refractivity contribution in [2.75, 3.05) is 19.7 Å². The Morgan fingerprint density at radius 3 is 2.77 bits per heavy atom. The quantitative estimate of drug-likeness (QED) is 0.818. The molecule has 4 nitrogen and oxygen atoms in total. The highest BCUT2D eigenvalue weighted by Gasteiger charge is 2.30. The second-order valence-electron chi connectivity index (χ2n) is 6.00. The number of amides is 1. The highest BCUT2D eigenvalue weighted by atomic mass is 16.3. The van der Waals surface area contributed by atoms with E-state index in [0.29, 0.717) is 0 Å². The number of likely N-dealkylation sites (tertiary alicyclic amines) is 1. The first-order valence-corrected chi connectivity index (χ1v) is 7.95. The van der Waals surface area contributed by atoms with E-state index in [2.05, 4.69) is 22.3 Å². The van der Waals surface area contributed by atoms with Crippen LogP contribution in [0.15, 0.2) is 42.0 Å². The smallest absolute Gasteiger partial charge is 0.246 e. The molecular formula is C18H26N2O2. The van der Waals surface area contributed by atoms with Gasteiger partial charge in [-0.05, 0) is 32.4 Å². The molecule has 2 rings (SSSR count). The summed E-state index contributed by atoms with van der Waals surface area (Å²) >= 11 is 0. The van der Waals surface area contributed by atoms with E-state index in [9.17, 15) is 9.90 Å². The normalized spacial score (nSPS) is 23.3. The number of benzene rings is 1. The molecule has 1 saturated heterocycles. The van der Waals surface area contributed by atoms with Gasteiger partial charge in [-0.25, -0.2) is 0 Å². The third-order valence-corrected chi connectivity index (χ3v) is 4.43. The van der Waals surface area contributed by atoms with Crippen molar-refractivity contribution < 1.29 is 9.90 Å². The van der Waals surface area contributed by atoms with Gasteiger partial charge in [0.1, 0.15) is 0 Å². The summed E-state index contributed by atoms with van der Waals surface area (Å²) in [4.78, 5) is 14.4. The van der Waals surface area contributed by atoms with Crippen LogP contribution in [-0.2, 0) is 11.3 Å². The van der Waals surface area contributed by atoms with Crippen LogP contribution in [0.1, 0.15) is 25.8 Å². The summed E-state index contributed by atoms with van der Waals surface area (Å²) in [5.41, 5.74) is 2.00. The Hall–Kier alpha value is -1.65. The maximum Gasteiger partial charge on any atom is 0.246 e. The van der Waals surface area contributed by atoms with E-state index < -0.39 is 0 Å². The molecule has 2 N–H and O–H groups in total. The molecule has 1 fully saturated rings. The molecule has 0 spiro atoms. The van der Waals surface area contributed by atoms with Gasteiger partial charge in [-0.1, -0.05) is 36.4 Å². The lowest BCUT2D eigenvalue weighted by Gasteiger charge is -2.38. The van der Waals surface area contributed by atoms with Crippen molar-refractivity contribution in [2.45, 2.75) is 32.9 Å². The first-order chi connectivity index (χ1) is 10.6. The van der Waals surface area contributed by atoms with E-state index in [4.69, 9.17) is 0 Å². The monoisotopic (exact) mass is 302 g/mol. The fourth-order valence-corrected chi connectivity index (χ4v) is 2.85. The summed E-state index contributed by atoms with van der Waals surface area (Å²) in [5, 5.41) is 12.6. The van der Waals surface area contributed by atoms with Gasteiger partial charge in [-0.3, -0.25) is 9.69 Å². The maximum absolute atomic E-state index is 12.1. The number of carbonyl (C=O) groups excluding carboxylic acids is 1. The van der Waals surface area contributed by atoms with Crippen molar-refractivity contribution in [3.63, 3.8) is 0 Å². The number of carbonyl (C=O) groups is 1. The summed E-state index contributed by atoms with van der Waals surface area (Å²) in [6, 6.07) is 10.4. The van der Waals surface area contributed by atoms with Crippen molar-refractivity contribution in [1.29, 1.82) is 0 Å². The minimum atomic E-state index is -0.0347. The number of hydrogen-bond donors (Lipinski definition) is 2. The predicted octanol–water partition coefficient (Wildman–Crippen LogP) is 1.95. The van der Waals surface area contributed by atoms with Gasteiger partial charge in [0.2, 0.25) is 5.91 Å². The summed E-state index contributed by atoms with van der Waals surface area (Å²) in [6.45, 7) is 6.42. The van der Waals surface area contributed by atoms with E-state index in [0.717, 1.165) is 31.6 Å². The minimum Gasteiger partial charge on any atom is -0.396 e. The zero-order valence-corrected chi connectivity index (χ0v) is 13.5. The fourth-order valence-electron chi connectivity index (χ4n) is 2.85. The number of aliphatic hydroxyl groups excluding tert-OH is 1. The van der Waals surface area contributed by atoms with Gasteiger partial charge in [0.15, 0.2) is 0 Å². The molecule has 0 saturated carbocycles. The van der Waals surface area contributed by atoms with E-state index in [1.165, 1.54) is 5.56 Å². The SMILES string of the molecule is C/C=C(/C)C(=O)NC1CN(Cc2ccccc2)CCC1CO. The summed E-state index contributed by atoms with van der Waals surface area (Å²) in [5.74, 6) is 0.105. The average Bonchev–Trinajstić information content (AvgIpc) is 2.55. The van der Waals surface area contributed by atoms with Crippen LogP contribution >= 0.6 is 0 Å². The Labute approximate surface area is 132 Å². The number of aliphatic hydroxyl groups is 1. The van der Waals surface area contributed by atoms with Crippen LogP contribution in [0, 0.1) is 5.92 Å². The molecule has 0 radical (unpaired) electrons. The predicted molar refractivity (Wildman–Crippen MR) is 88.3 cm³/mol. The first kappa shape index (κ1) is 16.7. The van der Waals surface area contributed by atoms with Crippen molar-refractivity contribution in [2.24, 2.45) is 5.92 Å². The van der Waals surface area contributed by atoms with E-state index in [-0.39, 0.29) is 24.5 Å². The molecule has 0 aromatic heterocycles. The third-order valence-electron chi connectivity index (χ3n) is 4.43. The Kier molecular flexibility index (Phi) is 6.16. The van der Waals surface area contributed by atoms with Crippen LogP contribution in [0.5, 0.6) is 0 Å². The molecule has 2 atom stereocenters. The lowest BCUT2D eigenvalue weighted by atomic mass is 9.91. The van der Waals surface area contributed by atoms with Gasteiger partial charge in [0.25, 0.3) is 0 Å². The van der Waals surface area contributed by atoms with Crippen molar-refractivity contribution in [3.05, 3.63) is 47.5 Å². The standard InChI is InChI=1S/C18H26N2O2/c1-3-14(2)18(22)19-17-12-20(10-9-16(17)13-21)11-15-7-5-4-6-8-15/h3-8,16-17,21H,9-13H2,1-2H3,(H,19,22)/b14-3-. The molecule has 22 heavy (non-hydrogen) atoms. The van der Waals surface area contributed by atoms with Crippen molar-refractivity contribution in [1.82, 2.24) is 10.2 Å². The molecule has 0 bridgehead atoms. The summed E-state index contributed by atoms with van der Waals surface area (Å²) in [6.07, 6.45) is 2.72. The van der Waals surface area contributed by atoms with Crippen LogP contribution in [0.2, 0.25) is 0 Å². The molecule has 0 aliphatic carbocycles. The van der Waals surface area contributed by atoms with Gasteiger partial charge >= 0.3 is 0 Å². The van der Waals surface area contributed by atoms with Gasteiger partial charge in [-0.2, -0.15) is 0 Å². The Bertz CT molecular complexity index is 513. The van der Waals surface area contributed by atoms with E-state index in [1.54, 1.807) is 0 Å². The van der Waals surface area contributed by atoms with E-state index >= 15 is 0 Å². The number of allylic oxidation sites excluding steroid dienone is 1. The van der Waals surface area contributed by atoms with Crippen molar-refractivity contribution >= 4 is 5.91 Å². The van der Waals surface area contributed by atoms with Gasteiger partial charge in [0, 0.05) is 37.2 Å². The molecule has 2 unspecified atom stereocenters. The van der Waals surface area contributed by atoms with Crippen molar-refractivity contribution in [3.8, 4) is 0 Å². The average molecular weight is 302 g/mol. The second kappa shape index (κ2) is 8.11. The zero-order valence-electron chi connectivity index (χ0n) is 13.5. The number of nitrogens with one attached hydrogen (secondary N) is 1. The van der Waals surface area contributed by atoms with E-state index in [1.807, 2.05) is 38.1 Å². The fraction of sp³-hybridized carbons (Fsp3) is 0.500. The van der Waals surface area contributed by atoms with Crippen LogP contribution in [-0.4, -0.2) is 41.7 Å². The number of hydrogen-bond acceptors (Lipinski definition) is 3. The molecule has 4 heteroatoms. The summed E-state index contributed by atoms with van der Waals surface area (Å²) in [7, 11) is 0. The van der Waals surface area contributed by atoms with Crippen LogP contribution in [0.25, 0.3) is 0 Å². The Morgan fingerprint density at radius 2 is 2.14 bits per heavy atom. The molecule has 1 aromatic rings. The van der Waals surface area contributed by atoms with Gasteiger partial charge < -0.3 is 10.4 Å². The number of nitrogens with zero attached hydrogens (tertiary/aromatic N) is 1. The zero-order chi connectivity index (χ0) is 15.9. The van der Waals surface area contributed by atoms with Gasteiger partial charge in [-0.15, -0.1) is 0 Å².